The average molecular weight is 335 g/mol. The molecule has 0 bridgehead atoms. The van der Waals surface area contributed by atoms with Crippen LogP contribution in [0.1, 0.15) is 27.4 Å². The van der Waals surface area contributed by atoms with Crippen LogP contribution < -0.4 is 10.2 Å². The summed E-state index contributed by atoms with van der Waals surface area (Å²) in [6.45, 7) is 5.56. The Morgan fingerprint density at radius 2 is 1.96 bits per heavy atom. The van der Waals surface area contributed by atoms with Crippen LogP contribution in [0, 0.1) is 20.8 Å². The van der Waals surface area contributed by atoms with Crippen LogP contribution in [0.5, 0.6) is 0 Å². The van der Waals surface area contributed by atoms with Gasteiger partial charge in [-0.05, 0) is 39.0 Å². The van der Waals surface area contributed by atoms with Gasteiger partial charge in [0.15, 0.2) is 5.65 Å². The molecule has 0 aliphatic carbocycles. The van der Waals surface area contributed by atoms with Gasteiger partial charge < -0.3 is 5.32 Å². The van der Waals surface area contributed by atoms with E-state index in [1.165, 1.54) is 4.90 Å². The molecule has 4 rings (SSSR count). The van der Waals surface area contributed by atoms with Crippen molar-refractivity contribution in [2.75, 3.05) is 16.8 Å². The first-order valence-corrected chi connectivity index (χ1v) is 8.00. The number of amides is 2. The maximum atomic E-state index is 13.3. The van der Waals surface area contributed by atoms with E-state index in [4.69, 9.17) is 0 Å². The fraction of sp³-hybridized carbons (Fsp3) is 0.222. The predicted molar refractivity (Wildman–Crippen MR) is 93.9 cm³/mol. The van der Waals surface area contributed by atoms with Crippen molar-refractivity contribution in [1.29, 1.82) is 0 Å². The SMILES string of the molecule is Cc1cc(C)n2nc(C)c(C(=O)N3CC(=O)Nc4ccccc43)c2n1. The molecule has 0 saturated carbocycles. The number of hydrogen-bond acceptors (Lipinski definition) is 4. The third-order valence-electron chi connectivity index (χ3n) is 4.30. The first-order valence-electron chi connectivity index (χ1n) is 8.00. The van der Waals surface area contributed by atoms with Gasteiger partial charge in [-0.3, -0.25) is 14.5 Å². The lowest BCUT2D eigenvalue weighted by Crippen LogP contribution is -2.42. The molecule has 0 atom stereocenters. The monoisotopic (exact) mass is 335 g/mol. The van der Waals surface area contributed by atoms with Crippen LogP contribution in [0.4, 0.5) is 11.4 Å². The Bertz CT molecular complexity index is 1040. The molecule has 3 aromatic rings. The van der Waals surface area contributed by atoms with Crippen molar-refractivity contribution in [2.45, 2.75) is 20.8 Å². The van der Waals surface area contributed by atoms with Crippen LogP contribution in [-0.2, 0) is 4.79 Å². The Morgan fingerprint density at radius 3 is 2.76 bits per heavy atom. The van der Waals surface area contributed by atoms with Gasteiger partial charge in [-0.1, -0.05) is 12.1 Å². The fourth-order valence-electron chi connectivity index (χ4n) is 3.23. The highest BCUT2D eigenvalue weighted by molar-refractivity contribution is 6.17. The second kappa shape index (κ2) is 5.41. The summed E-state index contributed by atoms with van der Waals surface area (Å²) in [5.74, 6) is -0.492. The number of aromatic nitrogens is 3. The Labute approximate surface area is 144 Å². The van der Waals surface area contributed by atoms with Gasteiger partial charge in [0, 0.05) is 11.4 Å². The Morgan fingerprint density at radius 1 is 1.20 bits per heavy atom. The number of carbonyl (C=O) groups excluding carboxylic acids is 2. The molecule has 0 unspecified atom stereocenters. The minimum Gasteiger partial charge on any atom is -0.323 e. The summed E-state index contributed by atoms with van der Waals surface area (Å²) in [5, 5.41) is 7.24. The van der Waals surface area contributed by atoms with Gasteiger partial charge in [-0.2, -0.15) is 5.10 Å². The van der Waals surface area contributed by atoms with Crippen LogP contribution in [0.25, 0.3) is 5.65 Å². The minimum atomic E-state index is -0.271. The van der Waals surface area contributed by atoms with E-state index in [0.29, 0.717) is 28.3 Å². The molecule has 7 nitrogen and oxygen atoms in total. The zero-order valence-corrected chi connectivity index (χ0v) is 14.2. The number of anilines is 2. The first-order chi connectivity index (χ1) is 12.0. The molecule has 1 N–H and O–H groups in total. The molecule has 1 aliphatic rings. The summed E-state index contributed by atoms with van der Waals surface area (Å²) in [6.07, 6.45) is 0. The van der Waals surface area contributed by atoms with E-state index < -0.39 is 0 Å². The lowest BCUT2D eigenvalue weighted by atomic mass is 10.1. The van der Waals surface area contributed by atoms with Crippen LogP contribution in [0.15, 0.2) is 30.3 Å². The van der Waals surface area contributed by atoms with Crippen molar-refractivity contribution in [1.82, 2.24) is 14.6 Å². The summed E-state index contributed by atoms with van der Waals surface area (Å²) < 4.78 is 1.67. The Hall–Kier alpha value is -3.22. The lowest BCUT2D eigenvalue weighted by molar-refractivity contribution is -0.115. The van der Waals surface area contributed by atoms with Crippen LogP contribution in [-0.4, -0.2) is 33.0 Å². The Balaban J connectivity index is 1.89. The van der Waals surface area contributed by atoms with Crippen molar-refractivity contribution in [2.24, 2.45) is 0 Å². The number of fused-ring (bicyclic) bond motifs is 2. The number of aryl methyl sites for hydroxylation is 3. The third-order valence-corrected chi connectivity index (χ3v) is 4.30. The molecule has 2 aromatic heterocycles. The highest BCUT2D eigenvalue weighted by atomic mass is 16.2. The molecule has 1 aromatic carbocycles. The zero-order valence-electron chi connectivity index (χ0n) is 14.2. The summed E-state index contributed by atoms with van der Waals surface area (Å²) >= 11 is 0. The van der Waals surface area contributed by atoms with E-state index in [1.807, 2.05) is 38.1 Å². The fourth-order valence-corrected chi connectivity index (χ4v) is 3.23. The van der Waals surface area contributed by atoms with E-state index in [0.717, 1.165) is 11.4 Å². The number of hydrogen-bond donors (Lipinski definition) is 1. The number of nitrogens with zero attached hydrogens (tertiary/aromatic N) is 4. The summed E-state index contributed by atoms with van der Waals surface area (Å²) in [5.41, 5.74) is 4.56. The molecule has 2 amide bonds. The number of nitrogens with one attached hydrogen (secondary N) is 1. The summed E-state index contributed by atoms with van der Waals surface area (Å²) in [6, 6.07) is 9.17. The summed E-state index contributed by atoms with van der Waals surface area (Å²) in [4.78, 5) is 31.3. The molecular formula is C18H17N5O2. The van der Waals surface area contributed by atoms with Gasteiger partial charge in [0.1, 0.15) is 12.1 Å². The highest BCUT2D eigenvalue weighted by Crippen LogP contribution is 2.31. The quantitative estimate of drug-likeness (QED) is 0.740. The van der Waals surface area contributed by atoms with Crippen LogP contribution in [0.3, 0.4) is 0 Å². The molecule has 3 heterocycles. The maximum absolute atomic E-state index is 13.3. The van der Waals surface area contributed by atoms with Gasteiger partial charge in [0.2, 0.25) is 5.91 Å². The van der Waals surface area contributed by atoms with Gasteiger partial charge in [0.05, 0.1) is 17.1 Å². The highest BCUT2D eigenvalue weighted by Gasteiger charge is 2.31. The first kappa shape index (κ1) is 15.3. The molecule has 126 valence electrons. The van der Waals surface area contributed by atoms with Gasteiger partial charge >= 0.3 is 0 Å². The van der Waals surface area contributed by atoms with E-state index in [1.54, 1.807) is 17.5 Å². The van der Waals surface area contributed by atoms with E-state index in [2.05, 4.69) is 15.4 Å². The molecular weight excluding hydrogens is 318 g/mol. The number of rotatable bonds is 1. The molecule has 7 heteroatoms. The molecule has 1 aliphatic heterocycles. The number of carbonyl (C=O) groups is 2. The standard InChI is InChI=1S/C18H17N5O2/c1-10-8-11(2)23-17(19-10)16(12(3)21-23)18(25)22-9-15(24)20-13-6-4-5-7-14(13)22/h4-8H,9H2,1-3H3,(H,20,24). The van der Waals surface area contributed by atoms with E-state index in [9.17, 15) is 9.59 Å². The predicted octanol–water partition coefficient (Wildman–Crippen LogP) is 2.25. The van der Waals surface area contributed by atoms with E-state index in [-0.39, 0.29) is 18.4 Å². The topological polar surface area (TPSA) is 79.6 Å². The molecule has 0 spiro atoms. The third kappa shape index (κ3) is 2.36. The van der Waals surface area contributed by atoms with Crippen molar-refractivity contribution < 1.29 is 9.59 Å². The van der Waals surface area contributed by atoms with Crippen molar-refractivity contribution >= 4 is 28.8 Å². The van der Waals surface area contributed by atoms with Crippen molar-refractivity contribution in [3.8, 4) is 0 Å². The second-order valence-corrected chi connectivity index (χ2v) is 6.19. The number of para-hydroxylation sites is 2. The Kier molecular flexibility index (Phi) is 3.31. The normalized spacial score (nSPS) is 13.7. The largest absolute Gasteiger partial charge is 0.323 e. The summed E-state index contributed by atoms with van der Waals surface area (Å²) in [7, 11) is 0. The molecule has 0 radical (unpaired) electrons. The van der Waals surface area contributed by atoms with Crippen LogP contribution >= 0.6 is 0 Å². The second-order valence-electron chi connectivity index (χ2n) is 6.19. The maximum Gasteiger partial charge on any atom is 0.264 e. The van der Waals surface area contributed by atoms with Crippen LogP contribution in [0.2, 0.25) is 0 Å². The molecule has 0 saturated heterocycles. The molecule has 0 fully saturated rings. The van der Waals surface area contributed by atoms with Gasteiger partial charge in [-0.15, -0.1) is 0 Å². The number of benzene rings is 1. The smallest absolute Gasteiger partial charge is 0.264 e. The van der Waals surface area contributed by atoms with Crippen molar-refractivity contribution in [3.05, 3.63) is 53.0 Å². The average Bonchev–Trinajstić information content (AvgIpc) is 2.89. The lowest BCUT2D eigenvalue weighted by Gasteiger charge is -2.29. The van der Waals surface area contributed by atoms with Crippen molar-refractivity contribution in [3.63, 3.8) is 0 Å². The molecule has 25 heavy (non-hydrogen) atoms. The minimum absolute atomic E-state index is 0.0303. The zero-order chi connectivity index (χ0) is 17.7. The van der Waals surface area contributed by atoms with E-state index >= 15 is 0 Å². The van der Waals surface area contributed by atoms with Gasteiger partial charge in [-0.25, -0.2) is 9.50 Å². The van der Waals surface area contributed by atoms with Gasteiger partial charge in [0.25, 0.3) is 5.91 Å².